The first-order chi connectivity index (χ1) is 21.5. The van der Waals surface area contributed by atoms with Crippen LogP contribution in [0.3, 0.4) is 0 Å². The molecule has 0 unspecified atom stereocenters. The maximum Gasteiger partial charge on any atom is 0.274 e. The highest BCUT2D eigenvalue weighted by molar-refractivity contribution is 6.08. The quantitative estimate of drug-likeness (QED) is 0.345. The monoisotopic (exact) mass is 606 g/mol. The molecule has 6 rings (SSSR count). The van der Waals surface area contributed by atoms with E-state index in [4.69, 9.17) is 4.74 Å². The molecule has 4 aromatic rings. The van der Waals surface area contributed by atoms with Gasteiger partial charge in [-0.3, -0.25) is 19.4 Å². The van der Waals surface area contributed by atoms with E-state index >= 15 is 0 Å². The second-order valence-electron chi connectivity index (χ2n) is 12.7. The molecule has 10 heteroatoms. The molecule has 0 atom stereocenters. The lowest BCUT2D eigenvalue weighted by Crippen LogP contribution is -2.40. The summed E-state index contributed by atoms with van der Waals surface area (Å²) in [6, 6.07) is 13.2. The van der Waals surface area contributed by atoms with Gasteiger partial charge in [0.15, 0.2) is 0 Å². The number of carbonyl (C=O) groups excluding carboxylic acids is 2. The molecule has 232 valence electrons. The maximum absolute atomic E-state index is 13.7. The number of carbonyl (C=O) groups is 2. The van der Waals surface area contributed by atoms with E-state index in [-0.39, 0.29) is 22.8 Å². The number of hydrogen-bond acceptors (Lipinski definition) is 7. The molecule has 1 fully saturated rings. The number of amides is 2. The molecule has 5 heterocycles. The highest BCUT2D eigenvalue weighted by Crippen LogP contribution is 2.34. The van der Waals surface area contributed by atoms with Crippen LogP contribution in [0.2, 0.25) is 0 Å². The number of pyridine rings is 3. The number of fused-ring (bicyclic) bond motifs is 1. The topological polar surface area (TPSA) is 110 Å². The van der Waals surface area contributed by atoms with Crippen molar-refractivity contribution < 1.29 is 14.3 Å². The SMILES string of the molecule is Cc1c(-c2cc(Nc3ccc(C(=O)N4CCOCC4)cn3)c(=O)n(C)c2)cccc1N1CCc2cc(C(C)(C)C)ncc2C1=O. The fourth-order valence-corrected chi connectivity index (χ4v) is 5.87. The number of morpholine rings is 1. The second kappa shape index (κ2) is 11.9. The van der Waals surface area contributed by atoms with Gasteiger partial charge in [-0.2, -0.15) is 0 Å². The van der Waals surface area contributed by atoms with Gasteiger partial charge in [0, 0.05) is 67.6 Å². The summed E-state index contributed by atoms with van der Waals surface area (Å²) in [7, 11) is 1.71. The molecule has 2 amide bonds. The second-order valence-corrected chi connectivity index (χ2v) is 12.7. The Bertz CT molecular complexity index is 1830. The zero-order valence-corrected chi connectivity index (χ0v) is 26.4. The Kier molecular flexibility index (Phi) is 8.01. The molecular weight excluding hydrogens is 568 g/mol. The molecule has 2 aliphatic heterocycles. The molecule has 10 nitrogen and oxygen atoms in total. The van der Waals surface area contributed by atoms with Gasteiger partial charge >= 0.3 is 0 Å². The average molecular weight is 607 g/mol. The van der Waals surface area contributed by atoms with Crippen LogP contribution in [-0.4, -0.2) is 64.1 Å². The first-order valence-electron chi connectivity index (χ1n) is 15.2. The summed E-state index contributed by atoms with van der Waals surface area (Å²) in [4.78, 5) is 52.2. The molecule has 0 aliphatic carbocycles. The molecule has 0 bridgehead atoms. The number of ether oxygens (including phenoxy) is 1. The lowest BCUT2D eigenvalue weighted by Gasteiger charge is -2.31. The summed E-state index contributed by atoms with van der Waals surface area (Å²) >= 11 is 0. The van der Waals surface area contributed by atoms with E-state index in [1.165, 1.54) is 10.8 Å². The molecule has 3 aromatic heterocycles. The molecule has 45 heavy (non-hydrogen) atoms. The van der Waals surface area contributed by atoms with Crippen LogP contribution in [0.1, 0.15) is 58.3 Å². The van der Waals surface area contributed by atoms with Crippen LogP contribution in [0.25, 0.3) is 11.1 Å². The minimum Gasteiger partial charge on any atom is -0.378 e. The first-order valence-corrected chi connectivity index (χ1v) is 15.2. The van der Waals surface area contributed by atoms with Crippen molar-refractivity contribution in [2.24, 2.45) is 7.05 Å². The molecule has 1 N–H and O–H groups in total. The number of aryl methyl sites for hydroxylation is 1. The predicted molar refractivity (Wildman–Crippen MR) is 174 cm³/mol. The molecule has 1 saturated heterocycles. The smallest absolute Gasteiger partial charge is 0.274 e. The van der Waals surface area contributed by atoms with Crippen molar-refractivity contribution in [3.63, 3.8) is 0 Å². The van der Waals surface area contributed by atoms with Crippen molar-refractivity contribution >= 4 is 29.0 Å². The molecular formula is C35H38N6O4. The third kappa shape index (κ3) is 5.98. The van der Waals surface area contributed by atoms with Gasteiger partial charge in [-0.05, 0) is 60.4 Å². The van der Waals surface area contributed by atoms with E-state index in [9.17, 15) is 14.4 Å². The maximum atomic E-state index is 13.7. The zero-order chi connectivity index (χ0) is 31.9. The van der Waals surface area contributed by atoms with E-state index in [1.807, 2.05) is 30.0 Å². The predicted octanol–water partition coefficient (Wildman–Crippen LogP) is 4.87. The Hall–Kier alpha value is -4.83. The Balaban J connectivity index is 1.26. The van der Waals surface area contributed by atoms with Gasteiger partial charge in [0.2, 0.25) is 0 Å². The van der Waals surface area contributed by atoms with E-state index in [2.05, 4.69) is 42.1 Å². The number of nitrogens with zero attached hydrogens (tertiary/aromatic N) is 5. The van der Waals surface area contributed by atoms with Crippen LogP contribution in [0.5, 0.6) is 0 Å². The van der Waals surface area contributed by atoms with Crippen LogP contribution in [-0.2, 0) is 23.6 Å². The summed E-state index contributed by atoms with van der Waals surface area (Å²) in [6.45, 7) is 11.1. The number of nitrogens with one attached hydrogen (secondary N) is 1. The summed E-state index contributed by atoms with van der Waals surface area (Å²) in [5.74, 6) is 0.301. The van der Waals surface area contributed by atoms with Gasteiger partial charge < -0.3 is 24.4 Å². The van der Waals surface area contributed by atoms with Gasteiger partial charge in [-0.15, -0.1) is 0 Å². The minimum absolute atomic E-state index is 0.0612. The standard InChI is InChI=1S/C35H38N6O4/c1-22-26(7-6-8-29(22)41-12-11-23-18-30(35(2,3)4)36-20-27(23)33(41)43)25-17-28(34(44)39(5)21-25)38-31-10-9-24(19-37-31)32(42)40-13-15-45-16-14-40/h6-10,17-21H,11-16H2,1-5H3,(H,37,38). The van der Waals surface area contributed by atoms with Crippen LogP contribution in [0.4, 0.5) is 17.2 Å². The molecule has 0 radical (unpaired) electrons. The summed E-state index contributed by atoms with van der Waals surface area (Å²) in [5.41, 5.74) is 6.66. The number of benzene rings is 1. The third-order valence-corrected chi connectivity index (χ3v) is 8.50. The Labute approximate surface area is 262 Å². The Morgan fingerprint density at radius 1 is 0.956 bits per heavy atom. The van der Waals surface area contributed by atoms with Crippen molar-refractivity contribution in [2.45, 2.75) is 39.5 Å². The fraction of sp³-hybridized carbons (Fsp3) is 0.343. The van der Waals surface area contributed by atoms with Crippen molar-refractivity contribution in [1.29, 1.82) is 0 Å². The van der Waals surface area contributed by atoms with Gasteiger partial charge in [0.25, 0.3) is 17.4 Å². The summed E-state index contributed by atoms with van der Waals surface area (Å²) < 4.78 is 6.87. The lowest BCUT2D eigenvalue weighted by molar-refractivity contribution is 0.0302. The van der Waals surface area contributed by atoms with Gasteiger partial charge in [0.05, 0.1) is 24.3 Å². The molecule has 1 aromatic carbocycles. The fourth-order valence-electron chi connectivity index (χ4n) is 5.87. The number of aromatic nitrogens is 3. The van der Waals surface area contributed by atoms with E-state index < -0.39 is 0 Å². The van der Waals surface area contributed by atoms with Crippen LogP contribution in [0.15, 0.2) is 65.8 Å². The van der Waals surface area contributed by atoms with Gasteiger partial charge in [-0.25, -0.2) is 4.98 Å². The molecule has 2 aliphatic rings. The van der Waals surface area contributed by atoms with Crippen molar-refractivity contribution in [3.05, 3.63) is 99.4 Å². The van der Waals surface area contributed by atoms with Crippen molar-refractivity contribution in [3.8, 4) is 11.1 Å². The van der Waals surface area contributed by atoms with E-state index in [1.54, 1.807) is 42.5 Å². The van der Waals surface area contributed by atoms with Crippen LogP contribution < -0.4 is 15.8 Å². The normalized spacial score (nSPS) is 15.2. The van der Waals surface area contributed by atoms with Crippen molar-refractivity contribution in [2.75, 3.05) is 43.1 Å². The first kappa shape index (κ1) is 30.2. The van der Waals surface area contributed by atoms with Crippen LogP contribution in [0, 0.1) is 6.92 Å². The minimum atomic E-state index is -0.215. The highest BCUT2D eigenvalue weighted by atomic mass is 16.5. The summed E-state index contributed by atoms with van der Waals surface area (Å²) in [6.07, 6.45) is 5.78. The molecule has 0 saturated carbocycles. The van der Waals surface area contributed by atoms with E-state index in [0.717, 1.165) is 40.1 Å². The highest BCUT2D eigenvalue weighted by Gasteiger charge is 2.29. The number of anilines is 3. The largest absolute Gasteiger partial charge is 0.378 e. The van der Waals surface area contributed by atoms with Gasteiger partial charge in [-0.1, -0.05) is 32.9 Å². The van der Waals surface area contributed by atoms with Gasteiger partial charge in [0.1, 0.15) is 11.5 Å². The summed E-state index contributed by atoms with van der Waals surface area (Å²) in [5, 5.41) is 3.14. The number of rotatable bonds is 5. The number of hydrogen-bond donors (Lipinski definition) is 1. The Morgan fingerprint density at radius 3 is 2.44 bits per heavy atom. The molecule has 0 spiro atoms. The van der Waals surface area contributed by atoms with Crippen LogP contribution >= 0.6 is 0 Å². The third-order valence-electron chi connectivity index (χ3n) is 8.50. The average Bonchev–Trinajstić information content (AvgIpc) is 3.03. The zero-order valence-electron chi connectivity index (χ0n) is 26.4. The Morgan fingerprint density at radius 2 is 1.73 bits per heavy atom. The lowest BCUT2D eigenvalue weighted by atomic mass is 9.88. The van der Waals surface area contributed by atoms with Crippen molar-refractivity contribution in [1.82, 2.24) is 19.4 Å². The van der Waals surface area contributed by atoms with E-state index in [0.29, 0.717) is 55.5 Å².